The van der Waals surface area contributed by atoms with Crippen molar-refractivity contribution >= 4 is 36.2 Å². The van der Waals surface area contributed by atoms with Gasteiger partial charge in [0.25, 0.3) is 8.32 Å². The quantitative estimate of drug-likeness (QED) is 0.0296. The number of halogens is 1. The van der Waals surface area contributed by atoms with Crippen LogP contribution in [0.4, 0.5) is 0 Å². The first-order valence-corrected chi connectivity index (χ1v) is 31.5. The molecule has 0 atom stereocenters. The molecule has 0 fully saturated rings. The Morgan fingerprint density at radius 2 is 1.00 bits per heavy atom. The molecule has 0 saturated heterocycles. The van der Waals surface area contributed by atoms with E-state index in [1.165, 1.54) is 14.2 Å². The van der Waals surface area contributed by atoms with Crippen LogP contribution >= 0.6 is 15.9 Å². The molecular weight excluding hydrogens is 1110 g/mol. The summed E-state index contributed by atoms with van der Waals surface area (Å²) in [5.41, 5.74) is 6.33. The molecule has 432 valence electrons. The van der Waals surface area contributed by atoms with Crippen LogP contribution in [0, 0.1) is 0 Å². The SMILES string of the molecule is CCCc1c(OCCCOc2cc(O)c(-c3ccoc3)cc2CC)cccc1Oc1ccccc1C(=O)OC.CCCc1c(OCCCOc2cc(O[Si](C)(C)C(C)(C)C)c(Br)cc2CC)cccc1Oc1ccccc1C(=O)OC. The standard InChI is InChI=1S/C34H45BrO6Si.C32H34O7/c1-9-15-25-28(18-13-19-29(25)40-30-17-12-11-16-26(30)33(36)37-6)38-20-14-21-39-31-23-32(27(35)22-24(31)10-2)41-42(7,8)34(3,4)5;1-4-10-24-28(13-8-14-29(24)39-30-12-7-6-11-25(30)32(34)35-3)37-16-9-17-38-31-20-27(33)26(19-22(31)5-2)23-15-18-36-21-23/h11-13,16-19,22-23H,9-10,14-15,20-21H2,1-8H3;6-8,11-15,18-21,33H,4-5,9-10,16-17H2,1-3H3. The maximum absolute atomic E-state index is 12.2. The molecule has 15 heteroatoms. The summed E-state index contributed by atoms with van der Waals surface area (Å²) in [7, 11) is 0.711. The van der Waals surface area contributed by atoms with Crippen LogP contribution < -0.4 is 32.8 Å². The molecule has 0 spiro atoms. The van der Waals surface area contributed by atoms with Crippen molar-refractivity contribution in [3.63, 3.8) is 0 Å². The van der Waals surface area contributed by atoms with Crippen LogP contribution in [0.2, 0.25) is 18.1 Å². The Kier molecular flexibility index (Phi) is 23.6. The number of esters is 2. The van der Waals surface area contributed by atoms with Crippen molar-refractivity contribution in [1.29, 1.82) is 0 Å². The Balaban J connectivity index is 0.000000261. The fraction of sp³-hybridized carbons (Fsp3) is 0.364. The molecule has 81 heavy (non-hydrogen) atoms. The predicted octanol–water partition coefficient (Wildman–Crippen LogP) is 17.4. The van der Waals surface area contributed by atoms with Gasteiger partial charge in [0.05, 0.1) is 57.6 Å². The van der Waals surface area contributed by atoms with Crippen LogP contribution in [0.15, 0.2) is 137 Å². The zero-order chi connectivity index (χ0) is 58.5. The molecule has 7 rings (SSSR count). The third-order valence-corrected chi connectivity index (χ3v) is 18.8. The number of ether oxygens (including phenoxy) is 8. The molecule has 7 aromatic rings. The Morgan fingerprint density at radius 1 is 0.556 bits per heavy atom. The van der Waals surface area contributed by atoms with Gasteiger partial charge >= 0.3 is 11.9 Å². The highest BCUT2D eigenvalue weighted by molar-refractivity contribution is 9.10. The van der Waals surface area contributed by atoms with Crippen LogP contribution in [-0.4, -0.2) is 66.0 Å². The fourth-order valence-electron chi connectivity index (χ4n) is 8.46. The molecule has 0 unspecified atom stereocenters. The van der Waals surface area contributed by atoms with E-state index in [0.717, 1.165) is 99.4 Å². The highest BCUT2D eigenvalue weighted by atomic mass is 79.9. The lowest BCUT2D eigenvalue weighted by Crippen LogP contribution is -2.43. The summed E-state index contributed by atoms with van der Waals surface area (Å²) in [6, 6.07) is 35.1. The normalized spacial score (nSPS) is 11.2. The molecule has 0 radical (unpaired) electrons. The summed E-state index contributed by atoms with van der Waals surface area (Å²) in [6.07, 6.45) is 9.52. The summed E-state index contributed by atoms with van der Waals surface area (Å²) in [6.45, 7) is 21.5. The number of methoxy groups -OCH3 is 2. The fourth-order valence-corrected chi connectivity index (χ4v) is 10.1. The van der Waals surface area contributed by atoms with Crippen molar-refractivity contribution in [2.75, 3.05) is 40.6 Å². The second-order valence-electron chi connectivity index (χ2n) is 20.7. The van der Waals surface area contributed by atoms with E-state index in [1.54, 1.807) is 55.0 Å². The van der Waals surface area contributed by atoms with Crippen molar-refractivity contribution < 1.29 is 61.4 Å². The third kappa shape index (κ3) is 17.1. The maximum atomic E-state index is 12.2. The van der Waals surface area contributed by atoms with Gasteiger partial charge in [-0.2, -0.15) is 0 Å². The van der Waals surface area contributed by atoms with E-state index in [-0.39, 0.29) is 10.8 Å². The Morgan fingerprint density at radius 3 is 1.44 bits per heavy atom. The minimum Gasteiger partial charge on any atom is -0.543 e. The van der Waals surface area contributed by atoms with Crippen molar-refractivity contribution in [1.82, 2.24) is 0 Å². The number of phenolic OH excluding ortho intramolecular Hbond substituents is 1. The maximum Gasteiger partial charge on any atom is 0.341 e. The second-order valence-corrected chi connectivity index (χ2v) is 26.3. The lowest BCUT2D eigenvalue weighted by atomic mass is 10.0. The Labute approximate surface area is 488 Å². The smallest absolute Gasteiger partial charge is 0.341 e. The van der Waals surface area contributed by atoms with Crippen molar-refractivity contribution in [3.05, 3.63) is 166 Å². The molecule has 0 aliphatic heterocycles. The van der Waals surface area contributed by atoms with Gasteiger partial charge in [-0.25, -0.2) is 9.59 Å². The molecule has 1 N–H and O–H groups in total. The van der Waals surface area contributed by atoms with E-state index in [2.05, 4.69) is 83.6 Å². The first kappa shape index (κ1) is 62.8. The van der Waals surface area contributed by atoms with Gasteiger partial charge in [0, 0.05) is 47.2 Å². The van der Waals surface area contributed by atoms with Crippen molar-refractivity contribution in [3.8, 4) is 68.6 Å². The van der Waals surface area contributed by atoms with Crippen LogP contribution in [0.1, 0.15) is 117 Å². The number of aromatic hydroxyl groups is 1. The molecule has 1 aromatic heterocycles. The van der Waals surface area contributed by atoms with Gasteiger partial charge in [-0.15, -0.1) is 0 Å². The van der Waals surface area contributed by atoms with Gasteiger partial charge in [0.1, 0.15) is 68.6 Å². The molecule has 6 aromatic carbocycles. The van der Waals surface area contributed by atoms with Gasteiger partial charge in [-0.3, -0.25) is 0 Å². The average molecular weight is 1190 g/mol. The topological polar surface area (TPSA) is 151 Å². The minimum absolute atomic E-state index is 0.0952. The minimum atomic E-state index is -2.00. The van der Waals surface area contributed by atoms with Gasteiger partial charge < -0.3 is 51.8 Å². The molecule has 1 heterocycles. The van der Waals surface area contributed by atoms with E-state index in [1.807, 2.05) is 66.7 Å². The van der Waals surface area contributed by atoms with E-state index in [9.17, 15) is 14.7 Å². The number of carbonyl (C=O) groups excluding carboxylic acids is 2. The zero-order valence-electron chi connectivity index (χ0n) is 48.8. The number of hydrogen-bond acceptors (Lipinski definition) is 13. The van der Waals surface area contributed by atoms with E-state index in [0.29, 0.717) is 79.1 Å². The number of carbonyl (C=O) groups is 2. The summed E-state index contributed by atoms with van der Waals surface area (Å²) >= 11 is 3.71. The molecule has 0 amide bonds. The van der Waals surface area contributed by atoms with Crippen LogP contribution in [0.5, 0.6) is 57.5 Å². The summed E-state index contributed by atoms with van der Waals surface area (Å²) < 4.78 is 59.6. The van der Waals surface area contributed by atoms with Gasteiger partial charge in [0.15, 0.2) is 0 Å². The lowest BCUT2D eigenvalue weighted by molar-refractivity contribution is 0.0588. The first-order valence-electron chi connectivity index (χ1n) is 27.8. The number of furan rings is 1. The number of para-hydroxylation sites is 2. The molecule has 13 nitrogen and oxygen atoms in total. The van der Waals surface area contributed by atoms with E-state index >= 15 is 0 Å². The van der Waals surface area contributed by atoms with E-state index < -0.39 is 20.3 Å². The predicted molar refractivity (Wildman–Crippen MR) is 324 cm³/mol. The number of benzene rings is 6. The molecule has 0 aliphatic rings. The monoisotopic (exact) mass is 1190 g/mol. The summed E-state index contributed by atoms with van der Waals surface area (Å²) in [4.78, 5) is 24.4. The molecule has 0 saturated carbocycles. The zero-order valence-corrected chi connectivity index (χ0v) is 51.4. The highest BCUT2D eigenvalue weighted by Gasteiger charge is 2.39. The van der Waals surface area contributed by atoms with E-state index in [4.69, 9.17) is 46.7 Å². The lowest BCUT2D eigenvalue weighted by Gasteiger charge is -2.37. The van der Waals surface area contributed by atoms with Crippen molar-refractivity contribution in [2.24, 2.45) is 0 Å². The highest BCUT2D eigenvalue weighted by Crippen LogP contribution is 2.43. The third-order valence-electron chi connectivity index (χ3n) is 13.9. The second kappa shape index (κ2) is 30.5. The van der Waals surface area contributed by atoms with Gasteiger partial charge in [-0.1, -0.05) is 97.7 Å². The number of aryl methyl sites for hydroxylation is 2. The first-order chi connectivity index (χ1) is 39.0. The number of phenols is 1. The largest absolute Gasteiger partial charge is 0.543 e. The van der Waals surface area contributed by atoms with Crippen LogP contribution in [0.25, 0.3) is 11.1 Å². The van der Waals surface area contributed by atoms with Gasteiger partial charge in [0.2, 0.25) is 0 Å². The average Bonchev–Trinajstić information content (AvgIpc) is 4.07. The Bertz CT molecular complexity index is 3150. The van der Waals surface area contributed by atoms with Crippen molar-refractivity contribution in [2.45, 2.75) is 118 Å². The molecular formula is C66H79BrO13Si. The molecule has 0 aliphatic carbocycles. The van der Waals surface area contributed by atoms with Gasteiger partial charge in [-0.05, 0) is 138 Å². The number of hydrogen-bond donors (Lipinski definition) is 1. The summed E-state index contributed by atoms with van der Waals surface area (Å²) in [5.74, 6) is 5.29. The Hall–Kier alpha value is -7.36. The van der Waals surface area contributed by atoms with Crippen LogP contribution in [0.3, 0.4) is 0 Å². The summed E-state index contributed by atoms with van der Waals surface area (Å²) in [5, 5.41) is 10.6. The van der Waals surface area contributed by atoms with Crippen LogP contribution in [-0.2, 0) is 35.2 Å². The molecule has 0 bridgehead atoms. The number of rotatable bonds is 27.